The van der Waals surface area contributed by atoms with Crippen LogP contribution < -0.4 is 10.9 Å². The van der Waals surface area contributed by atoms with Gasteiger partial charge in [-0.2, -0.15) is 5.10 Å². The molecule has 0 aliphatic heterocycles. The van der Waals surface area contributed by atoms with Gasteiger partial charge in [-0.3, -0.25) is 9.69 Å². The van der Waals surface area contributed by atoms with Crippen LogP contribution in [-0.2, 0) is 6.54 Å². The quantitative estimate of drug-likeness (QED) is 0.799. The number of halogens is 1. The Morgan fingerprint density at radius 1 is 1.50 bits per heavy atom. The Labute approximate surface area is 124 Å². The Hall–Kier alpha value is -1.07. The number of rotatable bonds is 8. The van der Waals surface area contributed by atoms with Crippen LogP contribution in [0.2, 0.25) is 5.02 Å². The van der Waals surface area contributed by atoms with Gasteiger partial charge in [-0.25, -0.2) is 4.68 Å². The highest BCUT2D eigenvalue weighted by atomic mass is 35.5. The first-order chi connectivity index (χ1) is 9.67. The van der Waals surface area contributed by atoms with E-state index < -0.39 is 0 Å². The van der Waals surface area contributed by atoms with Crippen LogP contribution in [0.4, 0.5) is 5.69 Å². The molecule has 2 rings (SSSR count). The third-order valence-electron chi connectivity index (χ3n) is 3.60. The second-order valence-corrected chi connectivity index (χ2v) is 5.57. The van der Waals surface area contributed by atoms with E-state index >= 15 is 0 Å². The van der Waals surface area contributed by atoms with Gasteiger partial charge >= 0.3 is 0 Å². The average molecular weight is 299 g/mol. The first kappa shape index (κ1) is 15.3. The van der Waals surface area contributed by atoms with Gasteiger partial charge in [-0.1, -0.05) is 25.4 Å². The second kappa shape index (κ2) is 7.09. The van der Waals surface area contributed by atoms with E-state index in [2.05, 4.69) is 22.2 Å². The van der Waals surface area contributed by atoms with E-state index in [-0.39, 0.29) is 10.6 Å². The van der Waals surface area contributed by atoms with Crippen molar-refractivity contribution in [2.24, 2.45) is 0 Å². The molecular formula is C14H23ClN4O. The maximum Gasteiger partial charge on any atom is 0.287 e. The standard InChI is InChI=1S/C14H23ClN4O/c1-3-8-19-14(20)13(15)12(10-17-19)16-7-9-18(4-2)11-5-6-11/h10-11,16H,3-9H2,1-2H3. The molecule has 0 radical (unpaired) electrons. The van der Waals surface area contributed by atoms with E-state index in [1.807, 2.05) is 6.92 Å². The fourth-order valence-corrected chi connectivity index (χ4v) is 2.55. The van der Waals surface area contributed by atoms with Crippen LogP contribution in [-0.4, -0.2) is 40.4 Å². The zero-order valence-electron chi connectivity index (χ0n) is 12.2. The molecule has 0 aromatic carbocycles. The van der Waals surface area contributed by atoms with E-state index in [4.69, 9.17) is 11.6 Å². The molecule has 5 nitrogen and oxygen atoms in total. The maximum atomic E-state index is 12.0. The molecule has 1 fully saturated rings. The molecule has 0 amide bonds. The first-order valence-electron chi connectivity index (χ1n) is 7.40. The SMILES string of the molecule is CCCn1ncc(NCCN(CC)C2CC2)c(Cl)c1=O. The summed E-state index contributed by atoms with van der Waals surface area (Å²) < 4.78 is 1.41. The lowest BCUT2D eigenvalue weighted by Gasteiger charge is -2.20. The molecule has 0 spiro atoms. The minimum atomic E-state index is -0.215. The van der Waals surface area contributed by atoms with Crippen molar-refractivity contribution < 1.29 is 0 Å². The molecule has 0 atom stereocenters. The molecule has 112 valence electrons. The number of nitrogens with one attached hydrogen (secondary N) is 1. The van der Waals surface area contributed by atoms with Crippen molar-refractivity contribution in [3.63, 3.8) is 0 Å². The van der Waals surface area contributed by atoms with Gasteiger partial charge in [0, 0.05) is 25.7 Å². The largest absolute Gasteiger partial charge is 0.381 e. The number of anilines is 1. The highest BCUT2D eigenvalue weighted by Crippen LogP contribution is 2.26. The van der Waals surface area contributed by atoms with Crippen LogP contribution in [0.15, 0.2) is 11.0 Å². The lowest BCUT2D eigenvalue weighted by molar-refractivity contribution is 0.289. The van der Waals surface area contributed by atoms with Crippen LogP contribution in [0, 0.1) is 0 Å². The third kappa shape index (κ3) is 3.73. The molecule has 1 saturated carbocycles. The minimum absolute atomic E-state index is 0.215. The summed E-state index contributed by atoms with van der Waals surface area (Å²) in [7, 11) is 0. The topological polar surface area (TPSA) is 50.2 Å². The molecule has 20 heavy (non-hydrogen) atoms. The van der Waals surface area contributed by atoms with E-state index in [1.54, 1.807) is 6.20 Å². The highest BCUT2D eigenvalue weighted by Gasteiger charge is 2.27. The predicted octanol–water partition coefficient (Wildman–Crippen LogP) is 2.20. The first-order valence-corrected chi connectivity index (χ1v) is 7.78. The summed E-state index contributed by atoms with van der Waals surface area (Å²) in [6.07, 6.45) is 5.13. The molecule has 1 aromatic rings. The zero-order valence-corrected chi connectivity index (χ0v) is 13.0. The summed E-state index contributed by atoms with van der Waals surface area (Å²) >= 11 is 6.11. The van der Waals surface area contributed by atoms with Crippen LogP contribution in [0.3, 0.4) is 0 Å². The second-order valence-electron chi connectivity index (χ2n) is 5.19. The maximum absolute atomic E-state index is 12.0. The predicted molar refractivity (Wildman–Crippen MR) is 82.6 cm³/mol. The van der Waals surface area contributed by atoms with E-state index in [1.165, 1.54) is 17.5 Å². The molecule has 1 aromatic heterocycles. The minimum Gasteiger partial charge on any atom is -0.381 e. The van der Waals surface area contributed by atoms with Crippen molar-refractivity contribution in [3.05, 3.63) is 21.6 Å². The molecule has 0 saturated heterocycles. The Balaban J connectivity index is 1.92. The summed E-state index contributed by atoms with van der Waals surface area (Å²) in [6.45, 7) is 7.60. The Morgan fingerprint density at radius 3 is 2.85 bits per heavy atom. The number of hydrogen-bond donors (Lipinski definition) is 1. The monoisotopic (exact) mass is 298 g/mol. The summed E-state index contributed by atoms with van der Waals surface area (Å²) in [5, 5.41) is 7.60. The number of aromatic nitrogens is 2. The van der Waals surface area contributed by atoms with E-state index in [0.717, 1.165) is 32.1 Å². The number of likely N-dealkylation sites (N-methyl/N-ethyl adjacent to an activating group) is 1. The van der Waals surface area contributed by atoms with Gasteiger partial charge < -0.3 is 5.32 Å². The Morgan fingerprint density at radius 2 is 2.25 bits per heavy atom. The molecule has 0 unspecified atom stereocenters. The molecule has 1 N–H and O–H groups in total. The normalized spacial score (nSPS) is 14.8. The van der Waals surface area contributed by atoms with Crippen molar-refractivity contribution in [1.82, 2.24) is 14.7 Å². The van der Waals surface area contributed by atoms with Crippen molar-refractivity contribution in [2.45, 2.75) is 45.7 Å². The molecule has 6 heteroatoms. The number of nitrogens with zero attached hydrogens (tertiary/aromatic N) is 3. The van der Waals surface area contributed by atoms with Gasteiger partial charge in [0.1, 0.15) is 5.02 Å². The van der Waals surface area contributed by atoms with Crippen LogP contribution in [0.25, 0.3) is 0 Å². The molecule has 1 aliphatic carbocycles. The van der Waals surface area contributed by atoms with Gasteiger partial charge in [0.15, 0.2) is 0 Å². The summed E-state index contributed by atoms with van der Waals surface area (Å²) in [6, 6.07) is 0.757. The van der Waals surface area contributed by atoms with Gasteiger partial charge in [-0.15, -0.1) is 0 Å². The van der Waals surface area contributed by atoms with Gasteiger partial charge in [-0.05, 0) is 25.8 Å². The summed E-state index contributed by atoms with van der Waals surface area (Å²) in [5.74, 6) is 0. The molecule has 1 aliphatic rings. The molecular weight excluding hydrogens is 276 g/mol. The number of aryl methyl sites for hydroxylation is 1. The van der Waals surface area contributed by atoms with Crippen molar-refractivity contribution in [1.29, 1.82) is 0 Å². The molecule has 0 bridgehead atoms. The Bertz CT molecular complexity index is 498. The number of hydrogen-bond acceptors (Lipinski definition) is 4. The van der Waals surface area contributed by atoms with E-state index in [9.17, 15) is 4.79 Å². The fourth-order valence-electron chi connectivity index (χ4n) is 2.33. The lowest BCUT2D eigenvalue weighted by atomic mass is 10.4. The van der Waals surface area contributed by atoms with Gasteiger partial charge in [0.25, 0.3) is 5.56 Å². The summed E-state index contributed by atoms with van der Waals surface area (Å²) in [4.78, 5) is 14.4. The summed E-state index contributed by atoms with van der Waals surface area (Å²) in [5.41, 5.74) is 0.420. The molecule has 1 heterocycles. The zero-order chi connectivity index (χ0) is 14.5. The van der Waals surface area contributed by atoms with Crippen LogP contribution >= 0.6 is 11.6 Å². The van der Waals surface area contributed by atoms with Crippen LogP contribution in [0.1, 0.15) is 33.1 Å². The average Bonchev–Trinajstić information content (AvgIpc) is 3.27. The van der Waals surface area contributed by atoms with Gasteiger partial charge in [0.2, 0.25) is 0 Å². The smallest absolute Gasteiger partial charge is 0.287 e. The Kier molecular flexibility index (Phi) is 5.43. The highest BCUT2D eigenvalue weighted by molar-refractivity contribution is 6.32. The third-order valence-corrected chi connectivity index (χ3v) is 3.97. The van der Waals surface area contributed by atoms with Crippen LogP contribution in [0.5, 0.6) is 0 Å². The van der Waals surface area contributed by atoms with Crippen molar-refractivity contribution in [3.8, 4) is 0 Å². The van der Waals surface area contributed by atoms with E-state index in [0.29, 0.717) is 12.2 Å². The van der Waals surface area contributed by atoms with Crippen molar-refractivity contribution in [2.75, 3.05) is 25.0 Å². The van der Waals surface area contributed by atoms with Crippen molar-refractivity contribution >= 4 is 17.3 Å². The fraction of sp³-hybridized carbons (Fsp3) is 0.714. The lowest BCUT2D eigenvalue weighted by Crippen LogP contribution is -2.31. The van der Waals surface area contributed by atoms with Gasteiger partial charge in [0.05, 0.1) is 11.9 Å².